The Morgan fingerprint density at radius 3 is 0.719 bits per heavy atom. The van der Waals surface area contributed by atoms with E-state index in [1.54, 1.807) is 24.3 Å². The quantitative estimate of drug-likeness (QED) is 0.303. The first-order valence-corrected chi connectivity index (χ1v) is 10.8. The van der Waals surface area contributed by atoms with E-state index >= 15 is 0 Å². The zero-order valence-corrected chi connectivity index (χ0v) is 17.9. The van der Waals surface area contributed by atoms with Gasteiger partial charge in [0.15, 0.2) is 0 Å². The van der Waals surface area contributed by atoms with E-state index in [1.165, 1.54) is 22.3 Å². The van der Waals surface area contributed by atoms with Crippen molar-refractivity contribution in [3.8, 4) is 5.75 Å². The Labute approximate surface area is 190 Å². The normalized spacial score (nSPS) is 10.6. The lowest BCUT2D eigenvalue weighted by Gasteiger charge is -2.36. The topological polar surface area (TPSA) is 20.2 Å². The first-order chi connectivity index (χ1) is 15.8. The highest BCUT2D eigenvalue weighted by Gasteiger charge is 2.37. The average molecular weight is 415 g/mol. The molecule has 156 valence electrons. The molecule has 0 saturated carbocycles. The minimum absolute atomic E-state index is 0.322. The lowest BCUT2D eigenvalue weighted by molar-refractivity contribution is 0.475. The van der Waals surface area contributed by atoms with Crippen LogP contribution in [0.25, 0.3) is 0 Å². The van der Waals surface area contributed by atoms with E-state index in [9.17, 15) is 0 Å². The highest BCUT2D eigenvalue weighted by molar-refractivity contribution is 5.59. The fraction of sp³-hybridized carbons (Fsp3) is 0.0323. The molecule has 0 aliphatic heterocycles. The average Bonchev–Trinajstić information content (AvgIpc) is 2.88. The SMILES string of the molecule is Oc1ccccc1.c1ccc(C(c2ccccc2)(c2ccccc2)c2ccccc2)cc1. The number of hydrogen-bond acceptors (Lipinski definition) is 1. The second-order valence-electron chi connectivity index (χ2n) is 7.55. The summed E-state index contributed by atoms with van der Waals surface area (Å²) >= 11 is 0. The maximum atomic E-state index is 8.63. The summed E-state index contributed by atoms with van der Waals surface area (Å²) in [4.78, 5) is 0. The zero-order chi connectivity index (χ0) is 22.1. The van der Waals surface area contributed by atoms with Crippen molar-refractivity contribution in [3.63, 3.8) is 0 Å². The van der Waals surface area contributed by atoms with Crippen LogP contribution in [0.4, 0.5) is 0 Å². The Morgan fingerprint density at radius 2 is 0.531 bits per heavy atom. The molecule has 5 aromatic rings. The third kappa shape index (κ3) is 4.48. The summed E-state index contributed by atoms with van der Waals surface area (Å²) in [5.74, 6) is 0.322. The van der Waals surface area contributed by atoms with Crippen molar-refractivity contribution >= 4 is 0 Å². The Morgan fingerprint density at radius 1 is 0.312 bits per heavy atom. The molecule has 0 amide bonds. The van der Waals surface area contributed by atoms with E-state index in [4.69, 9.17) is 5.11 Å². The minimum atomic E-state index is -0.328. The van der Waals surface area contributed by atoms with E-state index in [2.05, 4.69) is 121 Å². The summed E-state index contributed by atoms with van der Waals surface area (Å²) in [7, 11) is 0. The van der Waals surface area contributed by atoms with Gasteiger partial charge in [0.2, 0.25) is 0 Å². The highest BCUT2D eigenvalue weighted by atomic mass is 16.3. The van der Waals surface area contributed by atoms with Crippen molar-refractivity contribution in [2.24, 2.45) is 0 Å². The van der Waals surface area contributed by atoms with Gasteiger partial charge in [0.05, 0.1) is 5.41 Å². The smallest absolute Gasteiger partial charge is 0.115 e. The Kier molecular flexibility index (Phi) is 6.79. The van der Waals surface area contributed by atoms with Crippen molar-refractivity contribution in [2.75, 3.05) is 0 Å². The van der Waals surface area contributed by atoms with Crippen LogP contribution in [0.3, 0.4) is 0 Å². The van der Waals surface area contributed by atoms with Gasteiger partial charge in [-0.2, -0.15) is 0 Å². The molecule has 0 aromatic heterocycles. The number of phenolic OH excluding ortho intramolecular Hbond substituents is 1. The molecule has 0 aliphatic rings. The predicted octanol–water partition coefficient (Wildman–Crippen LogP) is 7.46. The van der Waals surface area contributed by atoms with Gasteiger partial charge in [-0.3, -0.25) is 0 Å². The third-order valence-electron chi connectivity index (χ3n) is 5.58. The zero-order valence-electron chi connectivity index (χ0n) is 17.9. The number of benzene rings is 5. The Hall–Kier alpha value is -4.10. The fourth-order valence-electron chi connectivity index (χ4n) is 4.18. The van der Waals surface area contributed by atoms with Gasteiger partial charge < -0.3 is 5.11 Å². The van der Waals surface area contributed by atoms with Crippen molar-refractivity contribution in [2.45, 2.75) is 5.41 Å². The van der Waals surface area contributed by atoms with Crippen LogP contribution < -0.4 is 0 Å². The molecule has 1 heteroatoms. The second kappa shape index (κ2) is 10.3. The largest absolute Gasteiger partial charge is 0.508 e. The molecule has 5 rings (SSSR count). The van der Waals surface area contributed by atoms with Crippen LogP contribution in [0.1, 0.15) is 22.3 Å². The number of rotatable bonds is 4. The van der Waals surface area contributed by atoms with Crippen LogP contribution in [0.15, 0.2) is 152 Å². The summed E-state index contributed by atoms with van der Waals surface area (Å²) < 4.78 is 0. The number of hydrogen-bond donors (Lipinski definition) is 1. The van der Waals surface area contributed by atoms with Crippen LogP contribution in [-0.4, -0.2) is 5.11 Å². The first-order valence-electron chi connectivity index (χ1n) is 10.8. The van der Waals surface area contributed by atoms with Crippen molar-refractivity contribution < 1.29 is 5.11 Å². The predicted molar refractivity (Wildman–Crippen MR) is 133 cm³/mol. The molecule has 0 saturated heterocycles. The number of para-hydroxylation sites is 1. The summed E-state index contributed by atoms with van der Waals surface area (Å²) in [6.45, 7) is 0. The van der Waals surface area contributed by atoms with E-state index in [1.807, 2.05) is 6.07 Å². The second-order valence-corrected chi connectivity index (χ2v) is 7.55. The molecule has 1 nitrogen and oxygen atoms in total. The minimum Gasteiger partial charge on any atom is -0.508 e. The lowest BCUT2D eigenvalue weighted by atomic mass is 9.65. The van der Waals surface area contributed by atoms with Crippen LogP contribution >= 0.6 is 0 Å². The molecule has 0 radical (unpaired) electrons. The molecule has 1 N–H and O–H groups in total. The molecule has 0 aliphatic carbocycles. The molecule has 0 fully saturated rings. The molecule has 0 spiro atoms. The van der Waals surface area contributed by atoms with E-state index < -0.39 is 0 Å². The molecule has 0 bridgehead atoms. The van der Waals surface area contributed by atoms with Gasteiger partial charge in [-0.15, -0.1) is 0 Å². The summed E-state index contributed by atoms with van der Waals surface area (Å²) in [6.07, 6.45) is 0. The standard InChI is InChI=1S/C25H20.C6H6O/c1-5-13-21(14-6-1)25(22-15-7-2-8-16-22,23-17-9-3-10-18-23)24-19-11-4-12-20-24;7-6-4-2-1-3-5-6/h1-20H;1-5,7H. The molecule has 0 unspecified atom stereocenters. The van der Waals surface area contributed by atoms with Gasteiger partial charge in [0.1, 0.15) is 5.75 Å². The third-order valence-corrected chi connectivity index (χ3v) is 5.58. The van der Waals surface area contributed by atoms with Crippen LogP contribution in [0.2, 0.25) is 0 Å². The first kappa shape index (κ1) is 21.1. The van der Waals surface area contributed by atoms with E-state index in [0.717, 1.165) is 0 Å². The Bertz CT molecular complexity index is 1020. The maximum absolute atomic E-state index is 8.63. The van der Waals surface area contributed by atoms with Gasteiger partial charge in [0.25, 0.3) is 0 Å². The molecular weight excluding hydrogens is 388 g/mol. The number of phenols is 1. The van der Waals surface area contributed by atoms with Crippen molar-refractivity contribution in [1.82, 2.24) is 0 Å². The monoisotopic (exact) mass is 414 g/mol. The van der Waals surface area contributed by atoms with Crippen molar-refractivity contribution in [3.05, 3.63) is 174 Å². The van der Waals surface area contributed by atoms with Crippen LogP contribution in [0.5, 0.6) is 5.75 Å². The Balaban J connectivity index is 0.000000300. The van der Waals surface area contributed by atoms with E-state index in [0.29, 0.717) is 5.75 Å². The van der Waals surface area contributed by atoms with Gasteiger partial charge in [-0.1, -0.05) is 140 Å². The van der Waals surface area contributed by atoms with Crippen LogP contribution in [-0.2, 0) is 5.41 Å². The summed E-state index contributed by atoms with van der Waals surface area (Å²) in [5.41, 5.74) is 4.78. The molecule has 0 heterocycles. The van der Waals surface area contributed by atoms with E-state index in [-0.39, 0.29) is 5.41 Å². The lowest BCUT2D eigenvalue weighted by Crippen LogP contribution is -2.30. The van der Waals surface area contributed by atoms with Crippen molar-refractivity contribution in [1.29, 1.82) is 0 Å². The molecule has 32 heavy (non-hydrogen) atoms. The molecule has 0 atom stereocenters. The van der Waals surface area contributed by atoms with Crippen LogP contribution in [0, 0.1) is 0 Å². The number of aromatic hydroxyl groups is 1. The van der Waals surface area contributed by atoms with Gasteiger partial charge in [-0.25, -0.2) is 0 Å². The fourth-order valence-corrected chi connectivity index (χ4v) is 4.18. The van der Waals surface area contributed by atoms with Gasteiger partial charge in [-0.05, 0) is 34.4 Å². The maximum Gasteiger partial charge on any atom is 0.115 e. The van der Waals surface area contributed by atoms with Gasteiger partial charge in [0, 0.05) is 0 Å². The summed E-state index contributed by atoms with van der Waals surface area (Å²) in [5, 5.41) is 8.63. The summed E-state index contributed by atoms with van der Waals surface area (Å²) in [6, 6.07) is 51.9. The molecule has 5 aromatic carbocycles. The molecular formula is C31H26O. The van der Waals surface area contributed by atoms with Gasteiger partial charge >= 0.3 is 0 Å². The highest BCUT2D eigenvalue weighted by Crippen LogP contribution is 2.44.